The first-order valence-corrected chi connectivity index (χ1v) is 6.61. The molecule has 2 rings (SSSR count). The number of fused-ring (bicyclic) bond motifs is 2. The topological polar surface area (TPSA) is 0 Å². The molecular weight excluding hydrogens is 321 g/mol. The Hall–Kier alpha value is 1.48. The first kappa shape index (κ1) is 12.9. The van der Waals surface area contributed by atoms with Crippen molar-refractivity contribution in [2.45, 2.75) is 34.3 Å². The number of allylic oxidation sites excluding steroid dienone is 2. The lowest BCUT2D eigenvalue weighted by molar-refractivity contribution is 0.315. The van der Waals surface area contributed by atoms with E-state index in [9.17, 15) is 0 Å². The fraction of sp³-hybridized carbons (Fsp3) is 0.778. The predicted octanol–water partition coefficient (Wildman–Crippen LogP) is 5.25. The predicted molar refractivity (Wildman–Crippen MR) is 68.7 cm³/mol. The zero-order chi connectivity index (χ0) is 11.9. The number of rotatable bonds is 0. The summed E-state index contributed by atoms with van der Waals surface area (Å²) >= 11 is 37.6. The number of alkyl halides is 4. The fourth-order valence-corrected chi connectivity index (χ4v) is 5.68. The molecule has 6 heteroatoms. The van der Waals surface area contributed by atoms with Gasteiger partial charge in [-0.05, 0) is 11.8 Å². The van der Waals surface area contributed by atoms with Crippen LogP contribution in [0.1, 0.15) is 20.3 Å². The normalized spacial score (nSPS) is 46.4. The van der Waals surface area contributed by atoms with Gasteiger partial charge in [0.2, 0.25) is 0 Å². The molecule has 2 bridgehead atoms. The van der Waals surface area contributed by atoms with E-state index in [4.69, 9.17) is 69.6 Å². The van der Waals surface area contributed by atoms with Gasteiger partial charge in [-0.1, -0.05) is 60.3 Å². The molecule has 0 radical (unpaired) electrons. The molecule has 0 aliphatic heterocycles. The molecule has 0 N–H and O–H groups in total. The highest BCUT2D eigenvalue weighted by Crippen LogP contribution is 2.77. The summed E-state index contributed by atoms with van der Waals surface area (Å²) in [5.41, 5.74) is -0.407. The van der Waals surface area contributed by atoms with Gasteiger partial charge in [0.15, 0.2) is 4.33 Å². The highest BCUT2D eigenvalue weighted by Gasteiger charge is 2.80. The molecule has 15 heavy (non-hydrogen) atoms. The van der Waals surface area contributed by atoms with Crippen molar-refractivity contribution in [1.82, 2.24) is 0 Å². The molecule has 0 spiro atoms. The fourth-order valence-electron chi connectivity index (χ4n) is 2.52. The summed E-state index contributed by atoms with van der Waals surface area (Å²) in [5, 5.41) is 0.534. The molecule has 0 aromatic rings. The van der Waals surface area contributed by atoms with Crippen molar-refractivity contribution in [2.75, 3.05) is 0 Å². The molecule has 0 heterocycles. The number of hydrogen-bond acceptors (Lipinski definition) is 0. The first-order valence-electron chi connectivity index (χ1n) is 4.34. The third-order valence-corrected chi connectivity index (χ3v) is 7.85. The summed E-state index contributed by atoms with van der Waals surface area (Å²) in [5.74, 6) is 0. The van der Waals surface area contributed by atoms with Crippen LogP contribution in [0.15, 0.2) is 10.1 Å². The van der Waals surface area contributed by atoms with Gasteiger partial charge >= 0.3 is 0 Å². The van der Waals surface area contributed by atoms with Crippen LogP contribution in [0, 0.1) is 5.41 Å². The Kier molecular flexibility index (Phi) is 2.65. The van der Waals surface area contributed by atoms with Crippen LogP contribution in [0.2, 0.25) is 0 Å². The SMILES string of the molecule is CC1(C)C[C@@]2(Cl)C(Cl)=C(Cl)[C@]1(Cl)C2(Cl)Cl. The van der Waals surface area contributed by atoms with Crippen molar-refractivity contribution in [3.05, 3.63) is 10.1 Å². The largest absolute Gasteiger partial charge is 0.166 e. The summed E-state index contributed by atoms with van der Waals surface area (Å²) in [6.07, 6.45) is 0.493. The highest BCUT2D eigenvalue weighted by atomic mass is 35.5. The van der Waals surface area contributed by atoms with E-state index < -0.39 is 19.5 Å². The van der Waals surface area contributed by atoms with E-state index >= 15 is 0 Å². The average Bonchev–Trinajstić information content (AvgIpc) is 2.25. The molecule has 0 nitrogen and oxygen atoms in total. The Bertz CT molecular complexity index is 371. The van der Waals surface area contributed by atoms with Crippen molar-refractivity contribution >= 4 is 69.6 Å². The zero-order valence-electron chi connectivity index (χ0n) is 7.97. The Morgan fingerprint density at radius 3 is 1.67 bits per heavy atom. The van der Waals surface area contributed by atoms with Gasteiger partial charge in [0, 0.05) is 0 Å². The first-order chi connectivity index (χ1) is 6.52. The van der Waals surface area contributed by atoms with Crippen LogP contribution in [0.3, 0.4) is 0 Å². The van der Waals surface area contributed by atoms with Crippen molar-refractivity contribution in [3.63, 3.8) is 0 Å². The van der Waals surface area contributed by atoms with Crippen LogP contribution >= 0.6 is 69.6 Å². The molecule has 2 aliphatic carbocycles. The molecule has 0 unspecified atom stereocenters. The third-order valence-electron chi connectivity index (χ3n) is 3.39. The lowest BCUT2D eigenvalue weighted by Crippen LogP contribution is -2.46. The molecule has 86 valence electrons. The summed E-state index contributed by atoms with van der Waals surface area (Å²) in [4.78, 5) is -2.20. The van der Waals surface area contributed by atoms with Crippen molar-refractivity contribution in [2.24, 2.45) is 5.41 Å². The second kappa shape index (κ2) is 3.08. The van der Waals surface area contributed by atoms with Crippen LogP contribution in [0.4, 0.5) is 0 Å². The molecule has 1 saturated carbocycles. The monoisotopic (exact) mass is 326 g/mol. The van der Waals surface area contributed by atoms with Crippen LogP contribution in [0.25, 0.3) is 0 Å². The van der Waals surface area contributed by atoms with Crippen molar-refractivity contribution < 1.29 is 0 Å². The maximum absolute atomic E-state index is 6.49. The van der Waals surface area contributed by atoms with Crippen molar-refractivity contribution in [1.29, 1.82) is 0 Å². The van der Waals surface area contributed by atoms with Crippen molar-refractivity contribution in [3.8, 4) is 0 Å². The van der Waals surface area contributed by atoms with E-state index in [1.54, 1.807) is 0 Å². The maximum atomic E-state index is 6.49. The van der Waals surface area contributed by atoms with E-state index in [-0.39, 0.29) is 10.1 Å². The van der Waals surface area contributed by atoms with Gasteiger partial charge in [0.25, 0.3) is 0 Å². The second-order valence-electron chi connectivity index (χ2n) is 4.72. The molecule has 2 atom stereocenters. The highest BCUT2D eigenvalue weighted by molar-refractivity contribution is 6.65. The molecular formula is C9H8Cl6. The van der Waals surface area contributed by atoms with E-state index in [1.807, 2.05) is 13.8 Å². The standard InChI is InChI=1S/C9H8Cl6/c1-6(2)3-7(12)4(10)5(11)8(6,13)9(7,14)15/h3H2,1-2H3/t7-,8-/m1/s1. The molecule has 0 saturated heterocycles. The molecule has 1 fully saturated rings. The lowest BCUT2D eigenvalue weighted by atomic mass is 9.78. The minimum atomic E-state index is -1.39. The smallest absolute Gasteiger partial charge is 0.110 e. The van der Waals surface area contributed by atoms with Gasteiger partial charge in [-0.15, -0.1) is 23.2 Å². The zero-order valence-corrected chi connectivity index (χ0v) is 12.5. The lowest BCUT2D eigenvalue weighted by Gasteiger charge is -2.39. The Balaban J connectivity index is 2.77. The molecule has 0 aromatic heterocycles. The van der Waals surface area contributed by atoms with Gasteiger partial charge in [-0.25, -0.2) is 0 Å². The van der Waals surface area contributed by atoms with Crippen LogP contribution in [-0.4, -0.2) is 14.1 Å². The minimum absolute atomic E-state index is 0.266. The Morgan fingerprint density at radius 2 is 1.40 bits per heavy atom. The summed E-state index contributed by atoms with van der Waals surface area (Å²) in [6, 6.07) is 0. The van der Waals surface area contributed by atoms with E-state index in [0.717, 1.165) is 0 Å². The number of halogens is 6. The van der Waals surface area contributed by atoms with Gasteiger partial charge in [-0.3, -0.25) is 0 Å². The Morgan fingerprint density at radius 1 is 0.933 bits per heavy atom. The number of hydrogen-bond donors (Lipinski definition) is 0. The Labute approximate surface area is 119 Å². The van der Waals surface area contributed by atoms with Gasteiger partial charge in [0.1, 0.15) is 9.75 Å². The van der Waals surface area contributed by atoms with Crippen LogP contribution < -0.4 is 0 Å². The summed E-state index contributed by atoms with van der Waals surface area (Å²) < 4.78 is -1.39. The van der Waals surface area contributed by atoms with Gasteiger partial charge < -0.3 is 0 Å². The van der Waals surface area contributed by atoms with E-state index in [0.29, 0.717) is 6.42 Å². The van der Waals surface area contributed by atoms with E-state index in [2.05, 4.69) is 0 Å². The third kappa shape index (κ3) is 1.10. The molecule has 0 aromatic carbocycles. The molecule has 0 amide bonds. The van der Waals surface area contributed by atoms with Crippen LogP contribution in [0.5, 0.6) is 0 Å². The van der Waals surface area contributed by atoms with Gasteiger partial charge in [0.05, 0.1) is 10.1 Å². The van der Waals surface area contributed by atoms with Gasteiger partial charge in [-0.2, -0.15) is 0 Å². The maximum Gasteiger partial charge on any atom is 0.166 e. The van der Waals surface area contributed by atoms with E-state index in [1.165, 1.54) is 0 Å². The summed E-state index contributed by atoms with van der Waals surface area (Å²) in [6.45, 7) is 3.85. The van der Waals surface area contributed by atoms with Crippen LogP contribution in [-0.2, 0) is 0 Å². The quantitative estimate of drug-likeness (QED) is 0.533. The summed E-state index contributed by atoms with van der Waals surface area (Å²) in [7, 11) is 0. The molecule has 2 aliphatic rings. The minimum Gasteiger partial charge on any atom is -0.110 e. The average molecular weight is 329 g/mol. The second-order valence-corrected chi connectivity index (χ2v) is 8.02.